The maximum Gasteiger partial charge on any atom is 0.265 e. The van der Waals surface area contributed by atoms with Crippen molar-refractivity contribution in [2.45, 2.75) is 26.7 Å². The quantitative estimate of drug-likeness (QED) is 0.357. The van der Waals surface area contributed by atoms with Crippen LogP contribution in [0.3, 0.4) is 0 Å². The largest absolute Gasteiger partial charge is 0.298 e. The molecule has 0 spiro atoms. The molecular weight excluding hydrogens is 248 g/mol. The summed E-state index contributed by atoms with van der Waals surface area (Å²) >= 11 is 4.96. The Morgan fingerprint density at radius 1 is 1.50 bits per heavy atom. The van der Waals surface area contributed by atoms with Gasteiger partial charge in [-0.15, -0.1) is 6.58 Å². The lowest BCUT2D eigenvalue weighted by molar-refractivity contribution is -0.128. The zero-order chi connectivity index (χ0) is 13.7. The molecule has 0 aromatic heterocycles. The molecule has 1 rings (SSSR count). The number of allylic oxidation sites excluding steroid dienone is 1. The topological polar surface area (TPSA) is 49.4 Å². The number of nitrogens with one attached hydrogen (secondary N) is 1. The minimum atomic E-state index is -0.409. The van der Waals surface area contributed by atoms with Crippen molar-refractivity contribution in [1.29, 1.82) is 0 Å². The SMILES string of the molecule is C=CCN1C(=O)/C(=C/CC(C)CC)C(=O)NC1=S. The molecule has 1 atom stereocenters. The van der Waals surface area contributed by atoms with E-state index in [1.807, 2.05) is 0 Å². The molecule has 0 aromatic rings. The molecule has 0 aliphatic carbocycles. The minimum absolute atomic E-state index is 0.144. The van der Waals surface area contributed by atoms with Crippen molar-refractivity contribution in [2.75, 3.05) is 6.54 Å². The molecule has 1 unspecified atom stereocenters. The predicted molar refractivity (Wildman–Crippen MR) is 74.8 cm³/mol. The van der Waals surface area contributed by atoms with Crippen LogP contribution in [0.5, 0.6) is 0 Å². The van der Waals surface area contributed by atoms with Crippen LogP contribution >= 0.6 is 12.2 Å². The van der Waals surface area contributed by atoms with Gasteiger partial charge in [-0.2, -0.15) is 0 Å². The Kier molecular flexibility index (Phi) is 5.22. The molecule has 1 heterocycles. The third-order valence-corrected chi connectivity index (χ3v) is 3.24. The Labute approximate surface area is 113 Å². The first kappa shape index (κ1) is 14.6. The lowest BCUT2D eigenvalue weighted by Gasteiger charge is -2.27. The summed E-state index contributed by atoms with van der Waals surface area (Å²) in [7, 11) is 0. The molecule has 2 amide bonds. The maximum absolute atomic E-state index is 12.1. The maximum atomic E-state index is 12.1. The van der Waals surface area contributed by atoms with E-state index in [1.54, 1.807) is 12.2 Å². The zero-order valence-corrected chi connectivity index (χ0v) is 11.5. The number of carbonyl (C=O) groups is 2. The van der Waals surface area contributed by atoms with Crippen LogP contribution in [-0.2, 0) is 9.59 Å². The van der Waals surface area contributed by atoms with Gasteiger partial charge in [-0.1, -0.05) is 32.4 Å². The Morgan fingerprint density at radius 3 is 2.72 bits per heavy atom. The van der Waals surface area contributed by atoms with Crippen LogP contribution in [-0.4, -0.2) is 28.4 Å². The van der Waals surface area contributed by atoms with Gasteiger partial charge in [0, 0.05) is 6.54 Å². The highest BCUT2D eigenvalue weighted by molar-refractivity contribution is 7.80. The van der Waals surface area contributed by atoms with Gasteiger partial charge in [0.05, 0.1) is 0 Å². The Morgan fingerprint density at radius 2 is 2.17 bits per heavy atom. The predicted octanol–water partition coefficient (Wildman–Crippen LogP) is 1.78. The fourth-order valence-corrected chi connectivity index (χ4v) is 1.78. The Balaban J connectivity index is 2.89. The molecule has 18 heavy (non-hydrogen) atoms. The van der Waals surface area contributed by atoms with Crippen molar-refractivity contribution in [3.05, 3.63) is 24.3 Å². The first-order valence-corrected chi connectivity index (χ1v) is 6.40. The van der Waals surface area contributed by atoms with Crippen molar-refractivity contribution in [2.24, 2.45) is 5.92 Å². The second-order valence-corrected chi connectivity index (χ2v) is 4.72. The second kappa shape index (κ2) is 6.44. The van der Waals surface area contributed by atoms with Gasteiger partial charge in [0.2, 0.25) is 0 Å². The van der Waals surface area contributed by atoms with Gasteiger partial charge in [0.1, 0.15) is 5.57 Å². The monoisotopic (exact) mass is 266 g/mol. The lowest BCUT2D eigenvalue weighted by atomic mass is 10.0. The van der Waals surface area contributed by atoms with Crippen molar-refractivity contribution in [3.63, 3.8) is 0 Å². The Bertz CT molecular complexity index is 415. The van der Waals surface area contributed by atoms with E-state index in [-0.39, 0.29) is 16.6 Å². The number of rotatable bonds is 5. The molecule has 0 radical (unpaired) electrons. The van der Waals surface area contributed by atoms with E-state index in [1.165, 1.54) is 4.90 Å². The summed E-state index contributed by atoms with van der Waals surface area (Å²) in [6.45, 7) is 8.03. The highest BCUT2D eigenvalue weighted by Crippen LogP contribution is 2.14. The van der Waals surface area contributed by atoms with Crippen LogP contribution < -0.4 is 5.32 Å². The van der Waals surface area contributed by atoms with Crippen LogP contribution in [0, 0.1) is 5.92 Å². The molecule has 1 aliphatic heterocycles. The summed E-state index contributed by atoms with van der Waals surface area (Å²) in [4.78, 5) is 25.2. The summed E-state index contributed by atoms with van der Waals surface area (Å²) in [5, 5.41) is 2.66. The lowest BCUT2D eigenvalue weighted by Crippen LogP contribution is -2.53. The van der Waals surface area contributed by atoms with Crippen molar-refractivity contribution in [3.8, 4) is 0 Å². The molecule has 1 fully saturated rings. The summed E-state index contributed by atoms with van der Waals surface area (Å²) in [5.41, 5.74) is 0.172. The molecular formula is C13H18N2O2S. The van der Waals surface area contributed by atoms with Gasteiger partial charge in [0.15, 0.2) is 5.11 Å². The highest BCUT2D eigenvalue weighted by atomic mass is 32.1. The van der Waals surface area contributed by atoms with E-state index in [0.29, 0.717) is 18.9 Å². The van der Waals surface area contributed by atoms with Gasteiger partial charge >= 0.3 is 0 Å². The molecule has 0 saturated carbocycles. The standard InChI is InChI=1S/C13H18N2O2S/c1-4-8-15-12(17)10(7-6-9(3)5-2)11(16)14-13(15)18/h4,7,9H,1,5-6,8H2,2-3H3,(H,14,16,18)/b10-7+. The molecule has 0 bridgehead atoms. The van der Waals surface area contributed by atoms with E-state index < -0.39 is 5.91 Å². The second-order valence-electron chi connectivity index (χ2n) is 4.33. The van der Waals surface area contributed by atoms with E-state index in [2.05, 4.69) is 25.7 Å². The van der Waals surface area contributed by atoms with Gasteiger partial charge < -0.3 is 0 Å². The third-order valence-electron chi connectivity index (χ3n) is 2.92. The van der Waals surface area contributed by atoms with Gasteiger partial charge in [-0.05, 0) is 24.6 Å². The first-order chi connectivity index (χ1) is 8.51. The number of thiocarbonyl (C=S) groups is 1. The molecule has 5 heteroatoms. The first-order valence-electron chi connectivity index (χ1n) is 5.99. The summed E-state index contributed by atoms with van der Waals surface area (Å²) in [6, 6.07) is 0. The zero-order valence-electron chi connectivity index (χ0n) is 10.7. The fraction of sp³-hybridized carbons (Fsp3) is 0.462. The number of amides is 2. The summed E-state index contributed by atoms with van der Waals surface area (Å²) < 4.78 is 0. The van der Waals surface area contributed by atoms with Crippen LogP contribution in [0.4, 0.5) is 0 Å². The van der Waals surface area contributed by atoms with Gasteiger partial charge in [-0.3, -0.25) is 19.8 Å². The molecule has 98 valence electrons. The molecule has 1 aliphatic rings. The third kappa shape index (κ3) is 3.26. The number of hydrogen-bond acceptors (Lipinski definition) is 3. The van der Waals surface area contributed by atoms with Crippen molar-refractivity contribution < 1.29 is 9.59 Å². The highest BCUT2D eigenvalue weighted by Gasteiger charge is 2.32. The van der Waals surface area contributed by atoms with E-state index >= 15 is 0 Å². The molecule has 1 N–H and O–H groups in total. The Hall–Kier alpha value is -1.49. The van der Waals surface area contributed by atoms with Crippen LogP contribution in [0.2, 0.25) is 0 Å². The molecule has 4 nitrogen and oxygen atoms in total. The minimum Gasteiger partial charge on any atom is -0.298 e. The van der Waals surface area contributed by atoms with E-state index in [4.69, 9.17) is 12.2 Å². The van der Waals surface area contributed by atoms with Crippen molar-refractivity contribution in [1.82, 2.24) is 10.2 Å². The number of hydrogen-bond donors (Lipinski definition) is 1. The van der Waals surface area contributed by atoms with Crippen molar-refractivity contribution >= 4 is 29.1 Å². The average Bonchev–Trinajstić information content (AvgIpc) is 2.33. The van der Waals surface area contributed by atoms with Gasteiger partial charge in [0.25, 0.3) is 11.8 Å². The van der Waals surface area contributed by atoms with Crippen LogP contribution in [0.15, 0.2) is 24.3 Å². The van der Waals surface area contributed by atoms with E-state index in [0.717, 1.165) is 6.42 Å². The van der Waals surface area contributed by atoms with Gasteiger partial charge in [-0.25, -0.2) is 0 Å². The van der Waals surface area contributed by atoms with E-state index in [9.17, 15) is 9.59 Å². The molecule has 1 saturated heterocycles. The number of nitrogens with zero attached hydrogens (tertiary/aromatic N) is 1. The molecule has 0 aromatic carbocycles. The summed E-state index contributed by atoms with van der Waals surface area (Å²) in [6.07, 6.45) is 4.99. The smallest absolute Gasteiger partial charge is 0.265 e. The van der Waals surface area contributed by atoms with Crippen LogP contribution in [0.1, 0.15) is 26.7 Å². The number of carbonyl (C=O) groups excluding carboxylic acids is 2. The summed E-state index contributed by atoms with van der Waals surface area (Å²) in [5.74, 6) is -0.305. The average molecular weight is 266 g/mol. The van der Waals surface area contributed by atoms with Crippen LogP contribution in [0.25, 0.3) is 0 Å². The normalized spacial score (nSPS) is 20.0. The fourth-order valence-electron chi connectivity index (χ4n) is 1.53.